The maximum atomic E-state index is 2.57. The smallest absolute Gasteiger partial charge is 0.0232 e. The van der Waals surface area contributed by atoms with Gasteiger partial charge in [-0.15, -0.1) is 11.8 Å². The second-order valence-electron chi connectivity index (χ2n) is 7.26. The van der Waals surface area contributed by atoms with Gasteiger partial charge in [0, 0.05) is 10.00 Å². The molecule has 0 nitrogen and oxygen atoms in total. The molecular formula is C17H26S. The molecule has 0 aromatic heterocycles. The van der Waals surface area contributed by atoms with Gasteiger partial charge in [0.25, 0.3) is 0 Å². The van der Waals surface area contributed by atoms with Crippen molar-refractivity contribution in [3.05, 3.63) is 24.3 Å². The Bertz CT molecular complexity index is 346. The summed E-state index contributed by atoms with van der Waals surface area (Å²) in [6.07, 6.45) is 15.8. The highest BCUT2D eigenvalue weighted by atomic mass is 32.2. The summed E-state index contributed by atoms with van der Waals surface area (Å²) in [5.74, 6) is 3.66. The van der Waals surface area contributed by atoms with Crippen molar-refractivity contribution in [2.75, 3.05) is 0 Å². The molecule has 0 spiro atoms. The molecule has 0 N–H and O–H groups in total. The van der Waals surface area contributed by atoms with Gasteiger partial charge >= 0.3 is 0 Å². The van der Waals surface area contributed by atoms with E-state index in [1.165, 1.54) is 25.7 Å². The molecule has 0 aromatic carbocycles. The standard InChI is InChI=1S/C17H26S/c1-17(2,3)18-15-10-8-14(9-11-15)16-12-4-5-13(16)7-6-12/h4-5,8,10,12-16H,6-7,9,11H2,1-3H3/t12-,13?,14+,15?,16?/m0/s1. The molecule has 0 aliphatic heterocycles. The first kappa shape index (κ1) is 12.8. The van der Waals surface area contributed by atoms with Gasteiger partial charge in [0.2, 0.25) is 0 Å². The SMILES string of the molecule is CC(C)(C)SC1C=C[C@@H](C2C3C=C[C@H]2CC3)CC1. The van der Waals surface area contributed by atoms with Crippen molar-refractivity contribution in [3.8, 4) is 0 Å². The van der Waals surface area contributed by atoms with Crippen LogP contribution in [0.2, 0.25) is 0 Å². The molecule has 0 radical (unpaired) electrons. The Hall–Kier alpha value is -0.170. The van der Waals surface area contributed by atoms with E-state index in [0.29, 0.717) is 4.75 Å². The van der Waals surface area contributed by atoms with Crippen molar-refractivity contribution in [1.82, 2.24) is 0 Å². The Morgan fingerprint density at radius 1 is 0.778 bits per heavy atom. The van der Waals surface area contributed by atoms with Gasteiger partial charge in [0.05, 0.1) is 0 Å². The van der Waals surface area contributed by atoms with Crippen LogP contribution in [0.25, 0.3) is 0 Å². The second kappa shape index (κ2) is 4.74. The van der Waals surface area contributed by atoms with Crippen LogP contribution in [-0.2, 0) is 0 Å². The summed E-state index contributed by atoms with van der Waals surface area (Å²) < 4.78 is 0.399. The molecule has 0 amide bonds. The van der Waals surface area contributed by atoms with Crippen molar-refractivity contribution in [1.29, 1.82) is 0 Å². The van der Waals surface area contributed by atoms with Crippen molar-refractivity contribution in [2.24, 2.45) is 23.7 Å². The first-order chi connectivity index (χ1) is 8.53. The third kappa shape index (κ3) is 2.57. The van der Waals surface area contributed by atoms with Crippen LogP contribution in [-0.4, -0.2) is 10.00 Å². The van der Waals surface area contributed by atoms with E-state index in [1.54, 1.807) is 0 Å². The summed E-state index contributed by atoms with van der Waals surface area (Å²) in [5, 5.41) is 0.758. The van der Waals surface area contributed by atoms with Crippen LogP contribution in [0.5, 0.6) is 0 Å². The molecule has 1 heteroatoms. The highest BCUT2D eigenvalue weighted by Crippen LogP contribution is 2.50. The van der Waals surface area contributed by atoms with Crippen LogP contribution < -0.4 is 0 Å². The summed E-state index contributed by atoms with van der Waals surface area (Å²) in [5.41, 5.74) is 0. The van der Waals surface area contributed by atoms with Crippen LogP contribution >= 0.6 is 11.8 Å². The number of allylic oxidation sites excluding steroid dienone is 3. The maximum Gasteiger partial charge on any atom is 0.0232 e. The molecule has 3 aliphatic carbocycles. The van der Waals surface area contributed by atoms with Gasteiger partial charge in [-0.1, -0.05) is 45.1 Å². The minimum atomic E-state index is 0.399. The topological polar surface area (TPSA) is 0 Å². The Kier molecular flexibility index (Phi) is 3.38. The molecular weight excluding hydrogens is 236 g/mol. The first-order valence-electron chi connectivity index (χ1n) is 7.57. The van der Waals surface area contributed by atoms with Gasteiger partial charge in [-0.25, -0.2) is 0 Å². The number of thioether (sulfide) groups is 1. The highest BCUT2D eigenvalue weighted by Gasteiger charge is 2.41. The fraction of sp³-hybridized carbons (Fsp3) is 0.765. The molecule has 100 valence electrons. The van der Waals surface area contributed by atoms with E-state index in [4.69, 9.17) is 0 Å². The lowest BCUT2D eigenvalue weighted by molar-refractivity contribution is 0.298. The molecule has 3 aliphatic rings. The van der Waals surface area contributed by atoms with E-state index < -0.39 is 0 Å². The van der Waals surface area contributed by atoms with Crippen LogP contribution in [0.4, 0.5) is 0 Å². The van der Waals surface area contributed by atoms with Gasteiger partial charge in [-0.2, -0.15) is 0 Å². The number of rotatable bonds is 2. The van der Waals surface area contributed by atoms with E-state index in [0.717, 1.165) is 28.9 Å². The quantitative estimate of drug-likeness (QED) is 0.626. The molecule has 3 rings (SSSR count). The summed E-state index contributed by atoms with van der Waals surface area (Å²) in [4.78, 5) is 0. The van der Waals surface area contributed by atoms with E-state index in [2.05, 4.69) is 56.8 Å². The lowest BCUT2D eigenvalue weighted by Crippen LogP contribution is -2.24. The zero-order valence-corrected chi connectivity index (χ0v) is 12.7. The fourth-order valence-electron chi connectivity index (χ4n) is 4.15. The van der Waals surface area contributed by atoms with Gasteiger partial charge in [-0.3, -0.25) is 0 Å². The van der Waals surface area contributed by atoms with Gasteiger partial charge in [0.15, 0.2) is 0 Å². The third-order valence-electron chi connectivity index (χ3n) is 4.78. The van der Waals surface area contributed by atoms with E-state index in [-0.39, 0.29) is 0 Å². The molecule has 0 aromatic rings. The van der Waals surface area contributed by atoms with Gasteiger partial charge in [-0.05, 0) is 49.4 Å². The molecule has 0 saturated heterocycles. The predicted octanol–water partition coefficient (Wildman–Crippen LogP) is 5.07. The molecule has 1 fully saturated rings. The third-order valence-corrected chi connectivity index (χ3v) is 6.19. The monoisotopic (exact) mass is 262 g/mol. The summed E-state index contributed by atoms with van der Waals surface area (Å²) in [7, 11) is 0. The average molecular weight is 262 g/mol. The van der Waals surface area contributed by atoms with Gasteiger partial charge < -0.3 is 0 Å². The number of fused-ring (bicyclic) bond motifs is 2. The second-order valence-corrected chi connectivity index (χ2v) is 9.33. The average Bonchev–Trinajstić information content (AvgIpc) is 2.88. The largest absolute Gasteiger partial charge is 0.148 e. The molecule has 3 unspecified atom stereocenters. The molecule has 2 bridgehead atoms. The maximum absolute atomic E-state index is 2.57. The minimum absolute atomic E-state index is 0.399. The summed E-state index contributed by atoms with van der Waals surface area (Å²) >= 11 is 2.14. The number of hydrogen-bond acceptors (Lipinski definition) is 1. The van der Waals surface area contributed by atoms with Gasteiger partial charge in [0.1, 0.15) is 0 Å². The lowest BCUT2D eigenvalue weighted by atomic mass is 9.78. The first-order valence-corrected chi connectivity index (χ1v) is 8.45. The zero-order chi connectivity index (χ0) is 12.8. The molecule has 18 heavy (non-hydrogen) atoms. The summed E-state index contributed by atoms with van der Waals surface area (Å²) in [6.45, 7) is 7.00. The molecule has 0 heterocycles. The van der Waals surface area contributed by atoms with Crippen molar-refractivity contribution in [2.45, 2.75) is 56.5 Å². The Balaban J connectivity index is 1.61. The van der Waals surface area contributed by atoms with Crippen LogP contribution in [0.1, 0.15) is 46.5 Å². The Labute approximate surface area is 116 Å². The van der Waals surface area contributed by atoms with Crippen molar-refractivity contribution >= 4 is 11.8 Å². The molecule has 1 saturated carbocycles. The van der Waals surface area contributed by atoms with E-state index in [1.807, 2.05) is 0 Å². The van der Waals surface area contributed by atoms with Crippen molar-refractivity contribution < 1.29 is 0 Å². The Morgan fingerprint density at radius 3 is 1.67 bits per heavy atom. The van der Waals surface area contributed by atoms with E-state index in [9.17, 15) is 0 Å². The molecule has 5 atom stereocenters. The van der Waals surface area contributed by atoms with E-state index >= 15 is 0 Å². The predicted molar refractivity (Wildman–Crippen MR) is 81.8 cm³/mol. The Morgan fingerprint density at radius 2 is 1.28 bits per heavy atom. The van der Waals surface area contributed by atoms with Crippen molar-refractivity contribution in [3.63, 3.8) is 0 Å². The number of hydrogen-bond donors (Lipinski definition) is 0. The zero-order valence-electron chi connectivity index (χ0n) is 11.9. The summed E-state index contributed by atoms with van der Waals surface area (Å²) in [6, 6.07) is 0. The normalized spacial score (nSPS) is 42.7. The lowest BCUT2D eigenvalue weighted by Gasteiger charge is -2.32. The highest BCUT2D eigenvalue weighted by molar-refractivity contribution is 8.01. The van der Waals surface area contributed by atoms with Crippen LogP contribution in [0.3, 0.4) is 0 Å². The van der Waals surface area contributed by atoms with Crippen LogP contribution in [0.15, 0.2) is 24.3 Å². The minimum Gasteiger partial charge on any atom is -0.148 e. The fourth-order valence-corrected chi connectivity index (χ4v) is 5.48. The van der Waals surface area contributed by atoms with Crippen LogP contribution in [0, 0.1) is 23.7 Å².